The SMILES string of the molecule is O=C(CCNC(=O)c1ccco1)Nc1cccc(-c2ccn[nH]2)c1. The van der Waals surface area contributed by atoms with E-state index in [1.165, 1.54) is 6.26 Å². The molecule has 3 aromatic rings. The van der Waals surface area contributed by atoms with E-state index in [9.17, 15) is 9.59 Å². The standard InChI is InChI=1S/C17H16N4O3/c22-16(7-8-18-17(23)15-5-2-10-24-15)20-13-4-1-3-12(11-13)14-6-9-19-21-14/h1-6,9-11H,7-8H2,(H,18,23)(H,19,21)(H,20,22). The minimum Gasteiger partial charge on any atom is -0.459 e. The van der Waals surface area contributed by atoms with E-state index in [0.29, 0.717) is 5.69 Å². The van der Waals surface area contributed by atoms with Gasteiger partial charge in [-0.15, -0.1) is 0 Å². The highest BCUT2D eigenvalue weighted by Gasteiger charge is 2.09. The van der Waals surface area contributed by atoms with Gasteiger partial charge in [0.05, 0.1) is 12.0 Å². The van der Waals surface area contributed by atoms with Crippen molar-refractivity contribution in [2.24, 2.45) is 0 Å². The van der Waals surface area contributed by atoms with Gasteiger partial charge in [-0.05, 0) is 30.3 Å². The molecule has 7 nitrogen and oxygen atoms in total. The highest BCUT2D eigenvalue weighted by Crippen LogP contribution is 2.20. The first-order chi connectivity index (χ1) is 11.7. The molecule has 3 N–H and O–H groups in total. The van der Waals surface area contributed by atoms with Crippen molar-refractivity contribution in [1.29, 1.82) is 0 Å². The second kappa shape index (κ2) is 7.28. The molecule has 0 aliphatic carbocycles. The van der Waals surface area contributed by atoms with Crippen molar-refractivity contribution in [1.82, 2.24) is 15.5 Å². The third-order valence-electron chi connectivity index (χ3n) is 3.34. The number of nitrogens with zero attached hydrogens (tertiary/aromatic N) is 1. The van der Waals surface area contributed by atoms with Crippen molar-refractivity contribution in [3.05, 3.63) is 60.7 Å². The van der Waals surface area contributed by atoms with Crippen molar-refractivity contribution >= 4 is 17.5 Å². The summed E-state index contributed by atoms with van der Waals surface area (Å²) in [5.74, 6) is -0.298. The van der Waals surface area contributed by atoms with Crippen LogP contribution in [0.5, 0.6) is 0 Å². The van der Waals surface area contributed by atoms with E-state index in [4.69, 9.17) is 4.42 Å². The molecule has 0 bridgehead atoms. The molecule has 0 spiro atoms. The number of hydrogen-bond acceptors (Lipinski definition) is 4. The summed E-state index contributed by atoms with van der Waals surface area (Å²) in [4.78, 5) is 23.6. The molecule has 2 amide bonds. The van der Waals surface area contributed by atoms with Crippen LogP contribution in [-0.4, -0.2) is 28.6 Å². The number of H-pyrrole nitrogens is 1. The number of carbonyl (C=O) groups is 2. The van der Waals surface area contributed by atoms with Crippen LogP contribution in [-0.2, 0) is 4.79 Å². The molecule has 0 aliphatic heterocycles. The summed E-state index contributed by atoms with van der Waals surface area (Å²) in [6, 6.07) is 12.5. The Hall–Kier alpha value is -3.35. The lowest BCUT2D eigenvalue weighted by Gasteiger charge is -2.07. The number of rotatable bonds is 6. The van der Waals surface area contributed by atoms with E-state index in [0.717, 1.165) is 11.3 Å². The van der Waals surface area contributed by atoms with Crippen LogP contribution in [0.4, 0.5) is 5.69 Å². The minimum absolute atomic E-state index is 0.167. The van der Waals surface area contributed by atoms with E-state index < -0.39 is 0 Å². The Morgan fingerprint density at radius 2 is 2.08 bits per heavy atom. The zero-order valence-corrected chi connectivity index (χ0v) is 12.8. The topological polar surface area (TPSA) is 100 Å². The van der Waals surface area contributed by atoms with Crippen molar-refractivity contribution in [3.63, 3.8) is 0 Å². The van der Waals surface area contributed by atoms with Gasteiger partial charge < -0.3 is 15.1 Å². The summed E-state index contributed by atoms with van der Waals surface area (Å²) in [5, 5.41) is 12.2. The Kier molecular flexibility index (Phi) is 4.71. The van der Waals surface area contributed by atoms with E-state index in [1.54, 1.807) is 24.4 Å². The largest absolute Gasteiger partial charge is 0.459 e. The average Bonchev–Trinajstić information content (AvgIpc) is 3.29. The van der Waals surface area contributed by atoms with Crippen LogP contribution in [0.25, 0.3) is 11.3 Å². The van der Waals surface area contributed by atoms with Crippen molar-refractivity contribution in [3.8, 4) is 11.3 Å². The Labute approximate surface area is 138 Å². The molecular formula is C17H16N4O3. The molecule has 0 saturated carbocycles. The van der Waals surface area contributed by atoms with E-state index in [2.05, 4.69) is 20.8 Å². The first kappa shape index (κ1) is 15.5. The Balaban J connectivity index is 1.50. The van der Waals surface area contributed by atoms with Crippen LogP contribution in [0.2, 0.25) is 0 Å². The van der Waals surface area contributed by atoms with E-state index in [-0.39, 0.29) is 30.5 Å². The highest BCUT2D eigenvalue weighted by atomic mass is 16.3. The number of amides is 2. The van der Waals surface area contributed by atoms with Gasteiger partial charge in [0, 0.05) is 30.4 Å². The molecule has 0 aliphatic rings. The number of aromatic amines is 1. The van der Waals surface area contributed by atoms with Crippen molar-refractivity contribution in [2.75, 3.05) is 11.9 Å². The summed E-state index contributed by atoms with van der Waals surface area (Å²) in [5.41, 5.74) is 2.48. The molecule has 0 fully saturated rings. The quantitative estimate of drug-likeness (QED) is 0.648. The van der Waals surface area contributed by atoms with Crippen molar-refractivity contribution < 1.29 is 14.0 Å². The van der Waals surface area contributed by atoms with Gasteiger partial charge in [0.1, 0.15) is 0 Å². The predicted molar refractivity (Wildman–Crippen MR) is 88.3 cm³/mol. The zero-order chi connectivity index (χ0) is 16.8. The van der Waals surface area contributed by atoms with Crippen molar-refractivity contribution in [2.45, 2.75) is 6.42 Å². The van der Waals surface area contributed by atoms with Gasteiger partial charge in [-0.1, -0.05) is 12.1 Å². The zero-order valence-electron chi connectivity index (χ0n) is 12.8. The molecule has 0 unspecified atom stereocenters. The fourth-order valence-corrected chi connectivity index (χ4v) is 2.19. The van der Waals surface area contributed by atoms with Gasteiger partial charge >= 0.3 is 0 Å². The van der Waals surface area contributed by atoms with Gasteiger partial charge in [-0.25, -0.2) is 0 Å². The summed E-state index contributed by atoms with van der Waals surface area (Å²) in [6.07, 6.45) is 3.26. The van der Waals surface area contributed by atoms with Gasteiger partial charge in [-0.3, -0.25) is 14.7 Å². The number of benzene rings is 1. The second-order valence-electron chi connectivity index (χ2n) is 5.08. The Bertz CT molecular complexity index is 810. The molecule has 0 atom stereocenters. The average molecular weight is 324 g/mol. The maximum Gasteiger partial charge on any atom is 0.286 e. The third-order valence-corrected chi connectivity index (χ3v) is 3.34. The highest BCUT2D eigenvalue weighted by molar-refractivity contribution is 5.93. The summed E-state index contributed by atoms with van der Waals surface area (Å²) in [7, 11) is 0. The molecule has 7 heteroatoms. The number of carbonyl (C=O) groups excluding carboxylic acids is 2. The van der Waals surface area contributed by atoms with Crippen LogP contribution < -0.4 is 10.6 Å². The number of anilines is 1. The maximum atomic E-state index is 12.0. The molecule has 2 aromatic heterocycles. The molecule has 0 saturated heterocycles. The maximum absolute atomic E-state index is 12.0. The van der Waals surface area contributed by atoms with Gasteiger partial charge in [0.15, 0.2) is 5.76 Å². The molecular weight excluding hydrogens is 308 g/mol. The number of hydrogen-bond donors (Lipinski definition) is 3. The summed E-state index contributed by atoms with van der Waals surface area (Å²) >= 11 is 0. The molecule has 24 heavy (non-hydrogen) atoms. The van der Waals surface area contributed by atoms with E-state index in [1.807, 2.05) is 24.3 Å². The van der Waals surface area contributed by atoms with Crippen LogP contribution in [0, 0.1) is 0 Å². The molecule has 122 valence electrons. The molecule has 1 aromatic carbocycles. The first-order valence-corrected chi connectivity index (χ1v) is 7.44. The lowest BCUT2D eigenvalue weighted by Crippen LogP contribution is -2.27. The van der Waals surface area contributed by atoms with Gasteiger partial charge in [0.2, 0.25) is 5.91 Å². The van der Waals surface area contributed by atoms with Gasteiger partial charge in [-0.2, -0.15) is 5.10 Å². The smallest absolute Gasteiger partial charge is 0.286 e. The molecule has 3 rings (SSSR count). The van der Waals surface area contributed by atoms with Gasteiger partial charge in [0.25, 0.3) is 5.91 Å². The Morgan fingerprint density at radius 1 is 1.17 bits per heavy atom. The van der Waals surface area contributed by atoms with E-state index >= 15 is 0 Å². The molecule has 0 radical (unpaired) electrons. The number of nitrogens with one attached hydrogen (secondary N) is 3. The van der Waals surface area contributed by atoms with Crippen LogP contribution in [0.1, 0.15) is 17.0 Å². The predicted octanol–water partition coefficient (Wildman–Crippen LogP) is 2.43. The fourth-order valence-electron chi connectivity index (χ4n) is 2.19. The minimum atomic E-state index is -0.339. The summed E-state index contributed by atoms with van der Waals surface area (Å²) < 4.78 is 4.98. The van der Waals surface area contributed by atoms with Crippen LogP contribution >= 0.6 is 0 Å². The Morgan fingerprint density at radius 3 is 2.83 bits per heavy atom. The first-order valence-electron chi connectivity index (χ1n) is 7.44. The summed E-state index contributed by atoms with van der Waals surface area (Å²) in [6.45, 7) is 0.228. The lowest BCUT2D eigenvalue weighted by molar-refractivity contribution is -0.116. The van der Waals surface area contributed by atoms with Crippen LogP contribution in [0.3, 0.4) is 0 Å². The molecule has 2 heterocycles. The number of furan rings is 1. The lowest BCUT2D eigenvalue weighted by atomic mass is 10.1. The number of aromatic nitrogens is 2. The monoisotopic (exact) mass is 324 g/mol. The third kappa shape index (κ3) is 3.89. The second-order valence-corrected chi connectivity index (χ2v) is 5.08. The fraction of sp³-hybridized carbons (Fsp3) is 0.118. The normalized spacial score (nSPS) is 10.3. The van der Waals surface area contributed by atoms with Crippen LogP contribution in [0.15, 0.2) is 59.3 Å².